The number of hydrogen-bond acceptors (Lipinski definition) is 2. The number of aliphatic hydroxyl groups is 1. The standard InChI is InChI=1S/C17H22ClNO/c18-15-7-5-13(6-8-15)14-9-11-19(12-10-14)16-3-1-2-4-17(16)20/h5-9,16-17,20H,1-4,10-12H2/t16-,17-/m0/s1. The van der Waals surface area contributed by atoms with Crippen LogP contribution in [0.5, 0.6) is 0 Å². The number of halogens is 1. The van der Waals surface area contributed by atoms with Crippen LogP contribution in [0.2, 0.25) is 5.02 Å². The Kier molecular flexibility index (Phi) is 4.45. The van der Waals surface area contributed by atoms with Crippen molar-refractivity contribution >= 4 is 17.2 Å². The third kappa shape index (κ3) is 3.08. The predicted octanol–water partition coefficient (Wildman–Crippen LogP) is 3.73. The van der Waals surface area contributed by atoms with Crippen LogP contribution in [-0.2, 0) is 0 Å². The fraction of sp³-hybridized carbons (Fsp3) is 0.529. The van der Waals surface area contributed by atoms with Gasteiger partial charge < -0.3 is 5.11 Å². The van der Waals surface area contributed by atoms with Crippen LogP contribution in [0.1, 0.15) is 37.7 Å². The molecule has 0 amide bonds. The van der Waals surface area contributed by atoms with E-state index < -0.39 is 0 Å². The summed E-state index contributed by atoms with van der Waals surface area (Å²) in [6.07, 6.45) is 7.79. The first-order chi connectivity index (χ1) is 9.74. The van der Waals surface area contributed by atoms with E-state index >= 15 is 0 Å². The van der Waals surface area contributed by atoms with Crippen molar-refractivity contribution in [2.75, 3.05) is 13.1 Å². The average Bonchev–Trinajstić information content (AvgIpc) is 2.49. The molecule has 3 rings (SSSR count). The highest BCUT2D eigenvalue weighted by Gasteiger charge is 2.29. The zero-order valence-electron chi connectivity index (χ0n) is 11.8. The van der Waals surface area contributed by atoms with Gasteiger partial charge in [-0.3, -0.25) is 4.90 Å². The summed E-state index contributed by atoms with van der Waals surface area (Å²) in [5.41, 5.74) is 2.68. The van der Waals surface area contributed by atoms with Crippen LogP contribution in [0.25, 0.3) is 5.57 Å². The highest BCUT2D eigenvalue weighted by atomic mass is 35.5. The summed E-state index contributed by atoms with van der Waals surface area (Å²) in [6, 6.07) is 8.47. The Morgan fingerprint density at radius 2 is 1.85 bits per heavy atom. The molecule has 2 atom stereocenters. The second-order valence-electron chi connectivity index (χ2n) is 5.90. The first kappa shape index (κ1) is 14.1. The fourth-order valence-electron chi connectivity index (χ4n) is 3.43. The van der Waals surface area contributed by atoms with Crippen molar-refractivity contribution < 1.29 is 5.11 Å². The average molecular weight is 292 g/mol. The minimum atomic E-state index is -0.130. The van der Waals surface area contributed by atoms with E-state index in [2.05, 4.69) is 23.1 Å². The molecule has 1 fully saturated rings. The first-order valence-corrected chi connectivity index (χ1v) is 7.99. The molecule has 1 saturated carbocycles. The largest absolute Gasteiger partial charge is 0.391 e. The van der Waals surface area contributed by atoms with E-state index in [1.54, 1.807) is 0 Å². The van der Waals surface area contributed by atoms with E-state index in [-0.39, 0.29) is 6.10 Å². The summed E-state index contributed by atoms with van der Waals surface area (Å²) < 4.78 is 0. The van der Waals surface area contributed by atoms with Gasteiger partial charge in [-0.25, -0.2) is 0 Å². The lowest BCUT2D eigenvalue weighted by Gasteiger charge is -2.39. The molecule has 1 aromatic rings. The van der Waals surface area contributed by atoms with Crippen LogP contribution in [0.15, 0.2) is 30.3 Å². The molecule has 1 aliphatic heterocycles. The van der Waals surface area contributed by atoms with Gasteiger partial charge in [0.05, 0.1) is 6.10 Å². The van der Waals surface area contributed by atoms with E-state index in [0.717, 1.165) is 37.4 Å². The number of rotatable bonds is 2. The van der Waals surface area contributed by atoms with E-state index in [9.17, 15) is 5.11 Å². The van der Waals surface area contributed by atoms with E-state index in [4.69, 9.17) is 11.6 Å². The zero-order valence-corrected chi connectivity index (χ0v) is 12.5. The second kappa shape index (κ2) is 6.30. The molecule has 2 aliphatic rings. The molecule has 1 N–H and O–H groups in total. The molecule has 0 bridgehead atoms. The number of hydrogen-bond donors (Lipinski definition) is 1. The van der Waals surface area contributed by atoms with Gasteiger partial charge in [-0.2, -0.15) is 0 Å². The lowest BCUT2D eigenvalue weighted by Crippen LogP contribution is -2.47. The number of aliphatic hydroxyl groups excluding tert-OH is 1. The van der Waals surface area contributed by atoms with Gasteiger partial charge in [0, 0.05) is 24.2 Å². The molecule has 0 saturated heterocycles. The molecule has 0 radical (unpaired) electrons. The summed E-state index contributed by atoms with van der Waals surface area (Å²) in [5.74, 6) is 0. The van der Waals surface area contributed by atoms with Crippen molar-refractivity contribution in [1.29, 1.82) is 0 Å². The normalized spacial score (nSPS) is 28.2. The molecule has 0 aromatic heterocycles. The van der Waals surface area contributed by atoms with Gasteiger partial charge >= 0.3 is 0 Å². The van der Waals surface area contributed by atoms with Crippen LogP contribution in [0.4, 0.5) is 0 Å². The van der Waals surface area contributed by atoms with Gasteiger partial charge in [0.15, 0.2) is 0 Å². The molecule has 1 heterocycles. The lowest BCUT2D eigenvalue weighted by atomic mass is 9.89. The second-order valence-corrected chi connectivity index (χ2v) is 6.34. The van der Waals surface area contributed by atoms with E-state index in [1.165, 1.54) is 24.0 Å². The van der Waals surface area contributed by atoms with Gasteiger partial charge in [-0.15, -0.1) is 0 Å². The maximum atomic E-state index is 10.2. The van der Waals surface area contributed by atoms with Gasteiger partial charge in [0.25, 0.3) is 0 Å². The molecule has 1 aliphatic carbocycles. The molecule has 108 valence electrons. The molecule has 1 aromatic carbocycles. The van der Waals surface area contributed by atoms with Crippen molar-refractivity contribution in [1.82, 2.24) is 4.90 Å². The van der Waals surface area contributed by atoms with Gasteiger partial charge in [0.2, 0.25) is 0 Å². The Hall–Kier alpha value is -0.830. The Balaban J connectivity index is 1.66. The third-order valence-corrected chi connectivity index (χ3v) is 4.87. The zero-order chi connectivity index (χ0) is 13.9. The van der Waals surface area contributed by atoms with Crippen LogP contribution in [-0.4, -0.2) is 35.2 Å². The van der Waals surface area contributed by atoms with Crippen molar-refractivity contribution in [2.45, 2.75) is 44.2 Å². The summed E-state index contributed by atoms with van der Waals surface area (Å²) in [6.45, 7) is 2.01. The highest BCUT2D eigenvalue weighted by molar-refractivity contribution is 6.30. The maximum absolute atomic E-state index is 10.2. The number of nitrogens with zero attached hydrogens (tertiary/aromatic N) is 1. The summed E-state index contributed by atoms with van der Waals surface area (Å²) in [4.78, 5) is 2.45. The Morgan fingerprint density at radius 3 is 2.50 bits per heavy atom. The van der Waals surface area contributed by atoms with Crippen molar-refractivity contribution in [3.8, 4) is 0 Å². The lowest BCUT2D eigenvalue weighted by molar-refractivity contribution is 0.0248. The quantitative estimate of drug-likeness (QED) is 0.897. The molecule has 0 spiro atoms. The summed E-state index contributed by atoms with van der Waals surface area (Å²) in [7, 11) is 0. The Bertz CT molecular complexity index is 482. The fourth-order valence-corrected chi connectivity index (χ4v) is 3.56. The smallest absolute Gasteiger partial charge is 0.0695 e. The van der Waals surface area contributed by atoms with Gasteiger partial charge in [0.1, 0.15) is 0 Å². The third-order valence-electron chi connectivity index (χ3n) is 4.62. The molecule has 3 heteroatoms. The highest BCUT2D eigenvalue weighted by Crippen LogP contribution is 2.28. The van der Waals surface area contributed by atoms with Crippen LogP contribution >= 0.6 is 11.6 Å². The molecule has 20 heavy (non-hydrogen) atoms. The summed E-state index contributed by atoms with van der Waals surface area (Å²) in [5, 5.41) is 10.9. The van der Waals surface area contributed by atoms with E-state index in [0.29, 0.717) is 6.04 Å². The molecule has 0 unspecified atom stereocenters. The Labute approximate surface area is 126 Å². The molecular formula is C17H22ClNO. The molecular weight excluding hydrogens is 270 g/mol. The van der Waals surface area contributed by atoms with Crippen molar-refractivity contribution in [3.05, 3.63) is 40.9 Å². The van der Waals surface area contributed by atoms with Gasteiger partial charge in [-0.05, 0) is 42.5 Å². The minimum absolute atomic E-state index is 0.130. The maximum Gasteiger partial charge on any atom is 0.0695 e. The first-order valence-electron chi connectivity index (χ1n) is 7.61. The predicted molar refractivity (Wildman–Crippen MR) is 83.9 cm³/mol. The van der Waals surface area contributed by atoms with Crippen molar-refractivity contribution in [3.63, 3.8) is 0 Å². The van der Waals surface area contributed by atoms with Crippen LogP contribution < -0.4 is 0 Å². The van der Waals surface area contributed by atoms with E-state index in [1.807, 2.05) is 12.1 Å². The number of benzene rings is 1. The Morgan fingerprint density at radius 1 is 1.10 bits per heavy atom. The topological polar surface area (TPSA) is 23.5 Å². The summed E-state index contributed by atoms with van der Waals surface area (Å²) >= 11 is 5.94. The molecule has 2 nitrogen and oxygen atoms in total. The monoisotopic (exact) mass is 291 g/mol. The SMILES string of the molecule is O[C@H]1CCCC[C@@H]1N1CC=C(c2ccc(Cl)cc2)CC1. The van der Waals surface area contributed by atoms with Crippen LogP contribution in [0, 0.1) is 0 Å². The van der Waals surface area contributed by atoms with Crippen molar-refractivity contribution in [2.24, 2.45) is 0 Å². The van der Waals surface area contributed by atoms with Crippen LogP contribution in [0.3, 0.4) is 0 Å². The van der Waals surface area contributed by atoms with Gasteiger partial charge in [-0.1, -0.05) is 42.7 Å². The minimum Gasteiger partial charge on any atom is -0.391 e.